The van der Waals surface area contributed by atoms with Gasteiger partial charge in [0.1, 0.15) is 10.0 Å². The molecule has 0 unspecified atom stereocenters. The lowest BCUT2D eigenvalue weighted by Crippen LogP contribution is -1.98. The van der Waals surface area contributed by atoms with Gasteiger partial charge in [0.25, 0.3) is 0 Å². The summed E-state index contributed by atoms with van der Waals surface area (Å²) < 4.78 is 0. The number of rotatable bonds is 3. The molecule has 0 saturated heterocycles. The quantitative estimate of drug-likeness (QED) is 0.650. The Hall–Kier alpha value is -1.01. The van der Waals surface area contributed by atoms with Crippen LogP contribution >= 0.6 is 11.3 Å². The van der Waals surface area contributed by atoms with Crippen molar-refractivity contribution in [1.29, 1.82) is 0 Å². The highest BCUT2D eigenvalue weighted by atomic mass is 32.1. The molecule has 1 rings (SSSR count). The van der Waals surface area contributed by atoms with E-state index in [-0.39, 0.29) is 6.42 Å². The monoisotopic (exact) mass is 173 g/mol. The molecule has 60 valence electrons. The fourth-order valence-corrected chi connectivity index (χ4v) is 1.29. The maximum Gasteiger partial charge on any atom is 0.310 e. The van der Waals surface area contributed by atoms with Gasteiger partial charge in [0.15, 0.2) is 0 Å². The van der Waals surface area contributed by atoms with Crippen LogP contribution in [-0.2, 0) is 17.8 Å². The zero-order valence-electron chi connectivity index (χ0n) is 5.65. The lowest BCUT2D eigenvalue weighted by molar-refractivity contribution is -0.136. The second-order valence-electron chi connectivity index (χ2n) is 1.86. The van der Waals surface area contributed by atoms with Crippen molar-refractivity contribution in [2.45, 2.75) is 13.0 Å². The van der Waals surface area contributed by atoms with Gasteiger partial charge in [0.05, 0.1) is 6.42 Å². The van der Waals surface area contributed by atoms with Gasteiger partial charge in [0.2, 0.25) is 0 Å². The van der Waals surface area contributed by atoms with E-state index in [0.29, 0.717) is 16.6 Å². The third kappa shape index (κ3) is 2.24. The zero-order valence-corrected chi connectivity index (χ0v) is 6.47. The third-order valence-electron chi connectivity index (χ3n) is 0.986. The summed E-state index contributed by atoms with van der Waals surface area (Å²) in [6, 6.07) is 0. The summed E-state index contributed by atoms with van der Waals surface area (Å²) in [5.74, 6) is -0.898. The van der Waals surface area contributed by atoms with Crippen molar-refractivity contribution >= 4 is 17.3 Å². The minimum absolute atomic E-state index is 0.0718. The maximum absolute atomic E-state index is 10.2. The largest absolute Gasteiger partial charge is 0.481 e. The molecule has 0 spiro atoms. The zero-order chi connectivity index (χ0) is 8.27. The minimum atomic E-state index is -0.898. The fourth-order valence-electron chi connectivity index (χ4n) is 0.572. The van der Waals surface area contributed by atoms with Crippen LogP contribution in [0.4, 0.5) is 0 Å². The highest BCUT2D eigenvalue weighted by Gasteiger charge is 2.05. The summed E-state index contributed by atoms with van der Waals surface area (Å²) in [5, 5.41) is 16.8. The number of carboxylic acid groups (broad SMARTS) is 1. The molecule has 0 aromatic carbocycles. The Labute approximate surface area is 66.9 Å². The van der Waals surface area contributed by atoms with Gasteiger partial charge in [-0.15, -0.1) is 10.2 Å². The standard InChI is InChI=1S/C5H7N3O2S/c6-2-4-8-7-3(11-4)1-5(9)10/h1-2,6H2,(H,9,10). The highest BCUT2D eigenvalue weighted by Crippen LogP contribution is 2.08. The predicted molar refractivity (Wildman–Crippen MR) is 39.1 cm³/mol. The lowest BCUT2D eigenvalue weighted by atomic mass is 10.5. The molecule has 0 amide bonds. The molecule has 0 radical (unpaired) electrons. The van der Waals surface area contributed by atoms with Crippen LogP contribution in [-0.4, -0.2) is 21.3 Å². The van der Waals surface area contributed by atoms with Crippen molar-refractivity contribution in [3.63, 3.8) is 0 Å². The van der Waals surface area contributed by atoms with Gasteiger partial charge in [-0.25, -0.2) is 0 Å². The van der Waals surface area contributed by atoms with Crippen molar-refractivity contribution in [2.24, 2.45) is 5.73 Å². The minimum Gasteiger partial charge on any atom is -0.481 e. The van der Waals surface area contributed by atoms with Crippen molar-refractivity contribution < 1.29 is 9.90 Å². The summed E-state index contributed by atoms with van der Waals surface area (Å²) in [6.45, 7) is 0.317. The van der Waals surface area contributed by atoms with Crippen molar-refractivity contribution in [3.05, 3.63) is 10.0 Å². The van der Waals surface area contributed by atoms with Gasteiger partial charge in [-0.2, -0.15) is 0 Å². The first kappa shape index (κ1) is 8.09. The van der Waals surface area contributed by atoms with Gasteiger partial charge in [-0.3, -0.25) is 4.79 Å². The molecule has 3 N–H and O–H groups in total. The predicted octanol–water partition coefficient (Wildman–Crippen LogP) is -0.376. The van der Waals surface area contributed by atoms with Gasteiger partial charge < -0.3 is 10.8 Å². The Kier molecular flexibility index (Phi) is 2.50. The number of carbonyl (C=O) groups is 1. The van der Waals surface area contributed by atoms with Crippen molar-refractivity contribution in [2.75, 3.05) is 0 Å². The van der Waals surface area contributed by atoms with E-state index in [1.807, 2.05) is 0 Å². The Morgan fingerprint density at radius 3 is 2.64 bits per heavy atom. The second-order valence-corrected chi connectivity index (χ2v) is 3.01. The number of aliphatic carboxylic acids is 1. The van der Waals surface area contributed by atoms with Crippen LogP contribution in [0.5, 0.6) is 0 Å². The summed E-state index contributed by atoms with van der Waals surface area (Å²) >= 11 is 1.23. The first-order chi connectivity index (χ1) is 5.22. The summed E-state index contributed by atoms with van der Waals surface area (Å²) in [6.07, 6.45) is -0.0718. The van der Waals surface area contributed by atoms with Gasteiger partial charge >= 0.3 is 5.97 Å². The lowest BCUT2D eigenvalue weighted by Gasteiger charge is -1.83. The van der Waals surface area contributed by atoms with E-state index in [1.165, 1.54) is 11.3 Å². The van der Waals surface area contributed by atoms with Crippen LogP contribution in [0.3, 0.4) is 0 Å². The highest BCUT2D eigenvalue weighted by molar-refractivity contribution is 7.11. The van der Waals surface area contributed by atoms with Gasteiger partial charge in [-0.1, -0.05) is 11.3 Å². The van der Waals surface area contributed by atoms with Crippen LogP contribution in [0, 0.1) is 0 Å². The third-order valence-corrected chi connectivity index (χ3v) is 1.93. The number of hydrogen-bond acceptors (Lipinski definition) is 5. The number of hydrogen-bond donors (Lipinski definition) is 2. The van der Waals surface area contributed by atoms with E-state index >= 15 is 0 Å². The average molecular weight is 173 g/mol. The Morgan fingerprint density at radius 1 is 1.55 bits per heavy atom. The van der Waals surface area contributed by atoms with E-state index in [4.69, 9.17) is 10.8 Å². The SMILES string of the molecule is NCc1nnc(CC(=O)O)s1. The number of nitrogens with two attached hydrogens (primary N) is 1. The molecule has 0 aliphatic carbocycles. The molecule has 1 heterocycles. The molecule has 1 aromatic heterocycles. The molecule has 11 heavy (non-hydrogen) atoms. The van der Waals surface area contributed by atoms with Gasteiger partial charge in [-0.05, 0) is 0 Å². The van der Waals surface area contributed by atoms with E-state index in [0.717, 1.165) is 0 Å². The van der Waals surface area contributed by atoms with Crippen LogP contribution in [0.1, 0.15) is 10.0 Å². The molecule has 0 aliphatic rings. The first-order valence-electron chi connectivity index (χ1n) is 2.95. The van der Waals surface area contributed by atoms with E-state index in [2.05, 4.69) is 10.2 Å². The van der Waals surface area contributed by atoms with E-state index in [1.54, 1.807) is 0 Å². The van der Waals surface area contributed by atoms with Crippen molar-refractivity contribution in [3.8, 4) is 0 Å². The molecule has 0 aliphatic heterocycles. The molecule has 0 saturated carbocycles. The topological polar surface area (TPSA) is 89.1 Å². The molecule has 0 atom stereocenters. The van der Waals surface area contributed by atoms with Crippen LogP contribution in [0.15, 0.2) is 0 Å². The summed E-state index contributed by atoms with van der Waals surface area (Å²) in [4.78, 5) is 10.2. The number of carboxylic acids is 1. The van der Waals surface area contributed by atoms with Crippen LogP contribution in [0.2, 0.25) is 0 Å². The summed E-state index contributed by atoms with van der Waals surface area (Å²) in [7, 11) is 0. The maximum atomic E-state index is 10.2. The Bertz CT molecular complexity index is 260. The molecule has 6 heteroatoms. The normalized spacial score (nSPS) is 9.91. The molecule has 0 bridgehead atoms. The Balaban J connectivity index is 2.65. The number of nitrogens with zero attached hydrogens (tertiary/aromatic N) is 2. The molecule has 0 fully saturated rings. The molecular weight excluding hydrogens is 166 g/mol. The van der Waals surface area contributed by atoms with Crippen LogP contribution < -0.4 is 5.73 Å². The Morgan fingerprint density at radius 2 is 2.18 bits per heavy atom. The molecule has 5 nitrogen and oxygen atoms in total. The van der Waals surface area contributed by atoms with E-state index in [9.17, 15) is 4.79 Å². The smallest absolute Gasteiger partial charge is 0.310 e. The second kappa shape index (κ2) is 3.40. The first-order valence-corrected chi connectivity index (χ1v) is 3.77. The van der Waals surface area contributed by atoms with Gasteiger partial charge in [0, 0.05) is 6.54 Å². The summed E-state index contributed by atoms with van der Waals surface area (Å²) in [5.41, 5.74) is 5.25. The molecular formula is C5H7N3O2S. The molecule has 1 aromatic rings. The average Bonchev–Trinajstić information content (AvgIpc) is 2.34. The van der Waals surface area contributed by atoms with Crippen molar-refractivity contribution in [1.82, 2.24) is 10.2 Å². The van der Waals surface area contributed by atoms with Crippen LogP contribution in [0.25, 0.3) is 0 Å². The number of aromatic nitrogens is 2. The fraction of sp³-hybridized carbons (Fsp3) is 0.400. The van der Waals surface area contributed by atoms with E-state index < -0.39 is 5.97 Å².